The summed E-state index contributed by atoms with van der Waals surface area (Å²) >= 11 is 0. The summed E-state index contributed by atoms with van der Waals surface area (Å²) in [6.07, 6.45) is -1.83. The highest BCUT2D eigenvalue weighted by Crippen LogP contribution is 1.42. The largest absolute Gasteiger partial charge is 0.503 e. The second-order valence-corrected chi connectivity index (χ2v) is 0.283. The highest BCUT2D eigenvalue weighted by Gasteiger charge is 1.70. The van der Waals surface area contributed by atoms with E-state index in [4.69, 9.17) is 15.0 Å². The number of carboxylic acid groups (broad SMARTS) is 2. The Morgan fingerprint density at radius 2 is 1.17 bits per heavy atom. The summed E-state index contributed by atoms with van der Waals surface area (Å²) in [5.74, 6) is 0. The molecule has 2 N–H and O–H groups in total. The Balaban J connectivity index is -0.0000000450. The summed E-state index contributed by atoms with van der Waals surface area (Å²) in [6.45, 7) is 0. The Kier molecular flexibility index (Phi) is 24.4. The molecule has 4 radical (unpaired) electrons. The third-order valence-electron chi connectivity index (χ3n) is 0. The molecule has 3 nitrogen and oxygen atoms in total. The normalized spacial score (nSPS) is 4.00. The number of hydrogen-bond donors (Lipinski definition) is 2. The maximum atomic E-state index is 8.56. The molecule has 0 heterocycles. The van der Waals surface area contributed by atoms with Gasteiger partial charge in [0.1, 0.15) is 0 Å². The highest BCUT2D eigenvalue weighted by molar-refractivity contribution is 5.76. The van der Waals surface area contributed by atoms with E-state index in [1.165, 1.54) is 0 Å². The molecule has 0 spiro atoms. The van der Waals surface area contributed by atoms with Crippen molar-refractivity contribution in [2.24, 2.45) is 0 Å². The topological polar surface area (TPSA) is 57.5 Å². The molecule has 0 aliphatic heterocycles. The molecule has 0 aliphatic rings. The Bertz CT molecular complexity index is 31.8. The summed E-state index contributed by atoms with van der Waals surface area (Å²) in [7, 11) is 0. The molecule has 0 atom stereocenters. The van der Waals surface area contributed by atoms with Gasteiger partial charge in [0.2, 0.25) is 0 Å². The molecule has 0 aromatic carbocycles. The van der Waals surface area contributed by atoms with E-state index in [9.17, 15) is 0 Å². The number of carbonyl (C=O) groups is 1. The van der Waals surface area contributed by atoms with Crippen LogP contribution in [0.4, 0.5) is 4.79 Å². The smallest absolute Gasteiger partial charge is 0.450 e. The van der Waals surface area contributed by atoms with Gasteiger partial charge in [0.15, 0.2) is 0 Å². The van der Waals surface area contributed by atoms with Crippen LogP contribution >= 0.6 is 0 Å². The lowest BCUT2D eigenvalue weighted by Crippen LogP contribution is -1.81. The second kappa shape index (κ2) is 9.26. The van der Waals surface area contributed by atoms with Crippen molar-refractivity contribution in [2.45, 2.75) is 0 Å². The van der Waals surface area contributed by atoms with Gasteiger partial charge in [-0.2, -0.15) is 0 Å². The quantitative estimate of drug-likeness (QED) is 0.412. The standard InChI is InChI=1S/CH2O3.2Mg/c2-1(3)4;;/h(H2,2,3,4);;. The van der Waals surface area contributed by atoms with Crippen LogP contribution < -0.4 is 0 Å². The molecule has 28 valence electrons. The molecule has 0 saturated carbocycles. The van der Waals surface area contributed by atoms with Crippen molar-refractivity contribution >= 4 is 52.3 Å². The van der Waals surface area contributed by atoms with Gasteiger partial charge in [0.25, 0.3) is 0 Å². The van der Waals surface area contributed by atoms with Gasteiger partial charge in [-0.25, -0.2) is 4.79 Å². The van der Waals surface area contributed by atoms with E-state index in [1.807, 2.05) is 0 Å². The lowest BCUT2D eigenvalue weighted by Gasteiger charge is -1.60. The first kappa shape index (κ1) is 15.8. The van der Waals surface area contributed by atoms with Crippen molar-refractivity contribution in [3.05, 3.63) is 0 Å². The van der Waals surface area contributed by atoms with Crippen molar-refractivity contribution < 1.29 is 15.0 Å². The Hall–Kier alpha value is 0.802. The van der Waals surface area contributed by atoms with E-state index in [0.717, 1.165) is 0 Å². The van der Waals surface area contributed by atoms with Gasteiger partial charge in [-0.05, 0) is 0 Å². The number of rotatable bonds is 0. The van der Waals surface area contributed by atoms with Crippen molar-refractivity contribution in [3.8, 4) is 0 Å². The predicted octanol–water partition coefficient (Wildman–Crippen LogP) is -0.539. The van der Waals surface area contributed by atoms with Gasteiger partial charge in [0, 0.05) is 46.1 Å². The Morgan fingerprint density at radius 3 is 1.17 bits per heavy atom. The molecule has 0 aromatic rings. The van der Waals surface area contributed by atoms with Crippen LogP contribution in [-0.4, -0.2) is 62.5 Å². The Labute approximate surface area is 67.0 Å². The van der Waals surface area contributed by atoms with Crippen LogP contribution in [0.15, 0.2) is 0 Å². The summed E-state index contributed by atoms with van der Waals surface area (Å²) in [5.41, 5.74) is 0. The average Bonchev–Trinajstić information content (AvgIpc) is 0.811. The van der Waals surface area contributed by atoms with Crippen molar-refractivity contribution in [2.75, 3.05) is 0 Å². The van der Waals surface area contributed by atoms with Crippen LogP contribution in [0.25, 0.3) is 0 Å². The molecule has 0 amide bonds. The van der Waals surface area contributed by atoms with E-state index in [0.29, 0.717) is 0 Å². The van der Waals surface area contributed by atoms with Crippen LogP contribution in [0.1, 0.15) is 0 Å². The highest BCUT2D eigenvalue weighted by atomic mass is 24.3. The molecule has 0 fully saturated rings. The average molecular weight is 111 g/mol. The molecule has 5 heteroatoms. The Morgan fingerprint density at radius 1 is 1.17 bits per heavy atom. The van der Waals surface area contributed by atoms with E-state index >= 15 is 0 Å². The SMILES string of the molecule is O=C(O)O.[Mg].[Mg]. The first-order chi connectivity index (χ1) is 1.73. The summed E-state index contributed by atoms with van der Waals surface area (Å²) in [4.78, 5) is 8.56. The molecule has 0 aromatic heterocycles. The lowest BCUT2D eigenvalue weighted by molar-refractivity contribution is 0.137. The monoisotopic (exact) mass is 110 g/mol. The van der Waals surface area contributed by atoms with Crippen LogP contribution in [0.2, 0.25) is 0 Å². The second-order valence-electron chi connectivity index (χ2n) is 0.283. The first-order valence-electron chi connectivity index (χ1n) is 0.651. The lowest BCUT2D eigenvalue weighted by atomic mass is 11.5. The zero-order chi connectivity index (χ0) is 3.58. The minimum absolute atomic E-state index is 0. The predicted molar refractivity (Wildman–Crippen MR) is 22.2 cm³/mol. The van der Waals surface area contributed by atoms with Crippen molar-refractivity contribution in [1.82, 2.24) is 0 Å². The third-order valence-corrected chi connectivity index (χ3v) is 0. The van der Waals surface area contributed by atoms with Crippen LogP contribution in [0, 0.1) is 0 Å². The zero-order valence-electron chi connectivity index (χ0n) is 3.22. The molecular weight excluding hydrogens is 109 g/mol. The van der Waals surface area contributed by atoms with Crippen molar-refractivity contribution in [3.63, 3.8) is 0 Å². The summed E-state index contributed by atoms with van der Waals surface area (Å²) in [5, 5.41) is 13.9. The molecule has 0 saturated heterocycles. The van der Waals surface area contributed by atoms with Crippen LogP contribution in [0.5, 0.6) is 0 Å². The molecular formula is CH2Mg2O3. The molecule has 0 aliphatic carbocycles. The first-order valence-corrected chi connectivity index (χ1v) is 0.651. The van der Waals surface area contributed by atoms with Gasteiger partial charge >= 0.3 is 6.16 Å². The fraction of sp³-hybridized carbons (Fsp3) is 0. The maximum Gasteiger partial charge on any atom is 0.503 e. The van der Waals surface area contributed by atoms with Gasteiger partial charge in [-0.3, -0.25) is 0 Å². The maximum absolute atomic E-state index is 8.56. The molecule has 0 unspecified atom stereocenters. The summed E-state index contributed by atoms with van der Waals surface area (Å²) in [6, 6.07) is 0. The third kappa shape index (κ3) is 108. The summed E-state index contributed by atoms with van der Waals surface area (Å²) < 4.78 is 0. The van der Waals surface area contributed by atoms with Gasteiger partial charge in [-0.15, -0.1) is 0 Å². The molecule has 6 heavy (non-hydrogen) atoms. The van der Waals surface area contributed by atoms with E-state index in [-0.39, 0.29) is 46.1 Å². The zero-order valence-corrected chi connectivity index (χ0v) is 6.05. The van der Waals surface area contributed by atoms with E-state index < -0.39 is 6.16 Å². The molecule has 0 rings (SSSR count). The van der Waals surface area contributed by atoms with Gasteiger partial charge < -0.3 is 10.2 Å². The number of hydrogen-bond acceptors (Lipinski definition) is 1. The minimum Gasteiger partial charge on any atom is -0.450 e. The van der Waals surface area contributed by atoms with Gasteiger partial charge in [-0.1, -0.05) is 0 Å². The fourth-order valence-corrected chi connectivity index (χ4v) is 0. The van der Waals surface area contributed by atoms with Crippen molar-refractivity contribution in [1.29, 1.82) is 0 Å². The minimum atomic E-state index is -1.83. The van der Waals surface area contributed by atoms with Crippen LogP contribution in [-0.2, 0) is 0 Å². The molecule has 0 bridgehead atoms. The van der Waals surface area contributed by atoms with Gasteiger partial charge in [0.05, 0.1) is 0 Å². The van der Waals surface area contributed by atoms with E-state index in [2.05, 4.69) is 0 Å². The van der Waals surface area contributed by atoms with Crippen LogP contribution in [0.3, 0.4) is 0 Å². The van der Waals surface area contributed by atoms with E-state index in [1.54, 1.807) is 0 Å². The fourth-order valence-electron chi connectivity index (χ4n) is 0.